The molecular weight excluding hydrogens is 675 g/mol. The van der Waals surface area contributed by atoms with Crippen molar-refractivity contribution in [3.05, 3.63) is 42.4 Å². The molecule has 1 aromatic heterocycles. The monoisotopic (exact) mass is 739 g/mol. The van der Waals surface area contributed by atoms with Crippen LogP contribution in [-0.4, -0.2) is 50.5 Å². The number of aromatic amines is 1. The highest BCUT2D eigenvalue weighted by molar-refractivity contribution is 5.84. The number of H-pyrrole nitrogens is 1. The van der Waals surface area contributed by atoms with Gasteiger partial charge >= 0.3 is 11.9 Å². The zero-order valence-electron chi connectivity index (χ0n) is 33.8. The van der Waals surface area contributed by atoms with Crippen molar-refractivity contribution in [2.24, 2.45) is 56.7 Å². The van der Waals surface area contributed by atoms with Crippen LogP contribution in [0.1, 0.15) is 150 Å². The van der Waals surface area contributed by atoms with Crippen molar-refractivity contribution in [2.75, 3.05) is 6.54 Å². The third-order valence-electron chi connectivity index (χ3n) is 17.4. The summed E-state index contributed by atoms with van der Waals surface area (Å²) >= 11 is 0. The van der Waals surface area contributed by atoms with Crippen molar-refractivity contribution in [2.45, 2.75) is 150 Å². The average Bonchev–Trinajstić information content (AvgIpc) is 3.90. The van der Waals surface area contributed by atoms with Gasteiger partial charge in [-0.2, -0.15) is 0 Å². The first-order chi connectivity index (χ1) is 25.6. The van der Waals surface area contributed by atoms with E-state index in [0.717, 1.165) is 81.4 Å². The molecule has 1 aromatic carbocycles. The van der Waals surface area contributed by atoms with Gasteiger partial charge < -0.3 is 19.7 Å². The number of likely N-dealkylation sites (tertiary alicyclic amines) is 1. The predicted molar refractivity (Wildman–Crippen MR) is 209 cm³/mol. The molecule has 5 aliphatic carbocycles. The van der Waals surface area contributed by atoms with Crippen LogP contribution in [0.5, 0.6) is 0 Å². The number of esters is 1. The Hall–Kier alpha value is -3.16. The first-order valence-corrected chi connectivity index (χ1v) is 21.4. The van der Waals surface area contributed by atoms with Gasteiger partial charge in [0.25, 0.3) is 0 Å². The largest absolute Gasteiger partial charge is 0.481 e. The van der Waals surface area contributed by atoms with Gasteiger partial charge in [0.2, 0.25) is 5.91 Å². The molecule has 0 spiro atoms. The second kappa shape index (κ2) is 13.5. The molecule has 294 valence electrons. The molecule has 2 N–H and O–H groups in total. The Morgan fingerprint density at radius 1 is 0.870 bits per heavy atom. The van der Waals surface area contributed by atoms with E-state index in [-0.39, 0.29) is 58.5 Å². The molecule has 8 rings (SSSR count). The molecule has 1 aliphatic heterocycles. The first kappa shape index (κ1) is 37.7. The van der Waals surface area contributed by atoms with E-state index in [1.807, 2.05) is 26.1 Å². The summed E-state index contributed by atoms with van der Waals surface area (Å²) in [4.78, 5) is 50.3. The number of carbonyl (C=O) groups is 3. The van der Waals surface area contributed by atoms with Gasteiger partial charge in [0, 0.05) is 6.54 Å². The molecule has 4 unspecified atom stereocenters. The Morgan fingerprint density at radius 3 is 2.41 bits per heavy atom. The van der Waals surface area contributed by atoms with Gasteiger partial charge in [-0.25, -0.2) is 4.98 Å². The van der Waals surface area contributed by atoms with Crippen molar-refractivity contribution in [3.8, 4) is 11.3 Å². The fraction of sp³-hybridized carbons (Fsp3) is 0.739. The van der Waals surface area contributed by atoms with Crippen LogP contribution in [0, 0.1) is 56.7 Å². The average molecular weight is 740 g/mol. The molecule has 2 heterocycles. The van der Waals surface area contributed by atoms with Crippen LogP contribution in [-0.2, 0) is 19.1 Å². The van der Waals surface area contributed by atoms with Crippen molar-refractivity contribution < 1.29 is 24.2 Å². The normalized spacial score (nSPS) is 40.3. The summed E-state index contributed by atoms with van der Waals surface area (Å²) in [5.74, 6) is 2.63. The highest BCUT2D eigenvalue weighted by Crippen LogP contribution is 2.76. The van der Waals surface area contributed by atoms with Crippen LogP contribution in [0.2, 0.25) is 0 Å². The summed E-state index contributed by atoms with van der Waals surface area (Å²) < 4.78 is 6.19. The lowest BCUT2D eigenvalue weighted by atomic mass is 9.33. The number of hydrogen-bond acceptors (Lipinski definition) is 5. The second-order valence-electron chi connectivity index (χ2n) is 20.4. The van der Waals surface area contributed by atoms with Gasteiger partial charge in [-0.15, -0.1) is 0 Å². The number of aromatic nitrogens is 2. The molecule has 2 aromatic rings. The minimum atomic E-state index is -0.880. The lowest BCUT2D eigenvalue weighted by Gasteiger charge is -2.71. The fourth-order valence-electron chi connectivity index (χ4n) is 14.6. The number of aliphatic carboxylic acids is 1. The van der Waals surface area contributed by atoms with Gasteiger partial charge in [-0.3, -0.25) is 14.4 Å². The maximum absolute atomic E-state index is 15.1. The maximum Gasteiger partial charge on any atom is 0.306 e. The summed E-state index contributed by atoms with van der Waals surface area (Å²) in [5, 5.41) is 9.32. The summed E-state index contributed by atoms with van der Waals surface area (Å²) in [6, 6.07) is 10.4. The van der Waals surface area contributed by atoms with Gasteiger partial charge in [0.05, 0.1) is 36.2 Å². The number of amides is 1. The summed E-state index contributed by atoms with van der Waals surface area (Å²) in [7, 11) is 0. The molecule has 0 bridgehead atoms. The molecule has 6 aliphatic rings. The third kappa shape index (κ3) is 5.88. The SMILES string of the molecule is CC1C2CC[C@]3(C)C(CC[C@@H]4C5CCC[C@]5(C(=O)N5CCC[C@H]5c5ncc(-c6ccccc6)[nH]5)CC[C@]43C)[C@@]2(C)CC[C@@H]1OC(=O)CC(C)(C)CC(=O)O. The van der Waals surface area contributed by atoms with E-state index in [1.165, 1.54) is 25.7 Å². The molecule has 0 radical (unpaired) electrons. The van der Waals surface area contributed by atoms with Crippen LogP contribution >= 0.6 is 0 Å². The fourth-order valence-corrected chi connectivity index (χ4v) is 14.6. The Bertz CT molecular complexity index is 1750. The van der Waals surface area contributed by atoms with Crippen LogP contribution in [0.4, 0.5) is 0 Å². The van der Waals surface area contributed by atoms with Crippen molar-refractivity contribution in [3.63, 3.8) is 0 Å². The molecule has 8 heteroatoms. The van der Waals surface area contributed by atoms with Crippen molar-refractivity contribution >= 4 is 17.8 Å². The molecule has 11 atom stereocenters. The Labute approximate surface area is 323 Å². The number of nitrogens with zero attached hydrogens (tertiary/aromatic N) is 2. The summed E-state index contributed by atoms with van der Waals surface area (Å²) in [6.07, 6.45) is 16.2. The number of carboxylic acid groups (broad SMARTS) is 1. The van der Waals surface area contributed by atoms with Crippen LogP contribution < -0.4 is 0 Å². The molecule has 8 nitrogen and oxygen atoms in total. The van der Waals surface area contributed by atoms with Gasteiger partial charge in [0.1, 0.15) is 11.9 Å². The second-order valence-corrected chi connectivity index (χ2v) is 20.4. The van der Waals surface area contributed by atoms with Crippen LogP contribution in [0.3, 0.4) is 0 Å². The Morgan fingerprint density at radius 2 is 1.65 bits per heavy atom. The van der Waals surface area contributed by atoms with Gasteiger partial charge in [-0.05, 0) is 134 Å². The van der Waals surface area contributed by atoms with Crippen LogP contribution in [0.25, 0.3) is 11.3 Å². The number of rotatable bonds is 8. The lowest BCUT2D eigenvalue weighted by Crippen LogP contribution is -2.66. The molecule has 6 fully saturated rings. The van der Waals surface area contributed by atoms with Crippen LogP contribution in [0.15, 0.2) is 36.5 Å². The molecule has 1 amide bonds. The van der Waals surface area contributed by atoms with E-state index in [2.05, 4.69) is 61.8 Å². The number of carbonyl (C=O) groups excluding carboxylic acids is 2. The Kier molecular flexibility index (Phi) is 9.44. The number of fused-ring (bicyclic) bond motifs is 7. The number of nitrogens with one attached hydrogen (secondary N) is 1. The maximum atomic E-state index is 15.1. The topological polar surface area (TPSA) is 113 Å². The predicted octanol–water partition coefficient (Wildman–Crippen LogP) is 10.0. The van der Waals surface area contributed by atoms with Gasteiger partial charge in [0.15, 0.2) is 0 Å². The van der Waals surface area contributed by atoms with Crippen molar-refractivity contribution in [1.82, 2.24) is 14.9 Å². The minimum Gasteiger partial charge on any atom is -0.481 e. The molecule has 1 saturated heterocycles. The Balaban J connectivity index is 0.986. The molecule has 54 heavy (non-hydrogen) atoms. The standard InChI is InChI=1S/C46H65N3O5/c1-29-31-18-22-45(6)37(43(31,4)21-19-36(29)54-39(52)27-42(2,3)26-38(50)51)17-16-32-33-14-10-20-46(33,24-23-44(32,45)5)41(53)49-25-11-15-35(49)40-47-28-34(48-40)30-12-8-7-9-13-30/h7-9,12-13,28-29,31-33,35-37H,10-11,14-27H2,1-6H3,(H,47,48)(H,50,51)/t29?,31?,32-,33?,35+,36+,37?,43+,44-,45-,46+/m1/s1. The lowest BCUT2D eigenvalue weighted by molar-refractivity contribution is -0.235. The summed E-state index contributed by atoms with van der Waals surface area (Å²) in [6.45, 7) is 14.7. The van der Waals surface area contributed by atoms with Gasteiger partial charge in [-0.1, -0.05) is 78.3 Å². The third-order valence-corrected chi connectivity index (χ3v) is 17.4. The van der Waals surface area contributed by atoms with Crippen molar-refractivity contribution in [1.29, 1.82) is 0 Å². The highest BCUT2D eigenvalue weighted by atomic mass is 16.5. The molecule has 5 saturated carbocycles. The molecular formula is C46H65N3O5. The van der Waals surface area contributed by atoms with E-state index in [9.17, 15) is 14.7 Å². The number of carboxylic acids is 1. The number of imidazole rings is 1. The first-order valence-electron chi connectivity index (χ1n) is 21.4. The quantitative estimate of drug-likeness (QED) is 0.261. The smallest absolute Gasteiger partial charge is 0.306 e. The van der Waals surface area contributed by atoms with E-state index in [0.29, 0.717) is 29.6 Å². The number of ether oxygens (including phenoxy) is 1. The summed E-state index contributed by atoms with van der Waals surface area (Å²) in [5.41, 5.74) is 1.87. The highest BCUT2D eigenvalue weighted by Gasteiger charge is 2.70. The van der Waals surface area contributed by atoms with E-state index in [1.54, 1.807) is 0 Å². The number of hydrogen-bond donors (Lipinski definition) is 2. The zero-order valence-corrected chi connectivity index (χ0v) is 33.8. The number of benzene rings is 1. The van der Waals surface area contributed by atoms with E-state index < -0.39 is 11.4 Å². The minimum absolute atomic E-state index is 0.0231. The van der Waals surface area contributed by atoms with E-state index >= 15 is 4.79 Å². The van der Waals surface area contributed by atoms with E-state index in [4.69, 9.17) is 9.72 Å². The zero-order chi connectivity index (χ0) is 38.3.